The predicted molar refractivity (Wildman–Crippen MR) is 66.3 cm³/mol. The van der Waals surface area contributed by atoms with E-state index in [4.69, 9.17) is 4.74 Å². The number of benzene rings is 1. The summed E-state index contributed by atoms with van der Waals surface area (Å²) in [4.78, 5) is 11.7. The highest BCUT2D eigenvalue weighted by Crippen LogP contribution is 2.38. The predicted octanol–water partition coefficient (Wildman–Crippen LogP) is 3.80. The summed E-state index contributed by atoms with van der Waals surface area (Å²) in [5.41, 5.74) is 0.978. The molecule has 2 nitrogen and oxygen atoms in total. The molecule has 1 aliphatic rings. The first-order valence-electron chi connectivity index (χ1n) is 5.28. The molecule has 3 heteroatoms. The molecule has 0 spiro atoms. The van der Waals surface area contributed by atoms with E-state index in [1.54, 1.807) is 0 Å². The van der Waals surface area contributed by atoms with E-state index in [1.165, 1.54) is 0 Å². The zero-order chi connectivity index (χ0) is 11.8. The van der Waals surface area contributed by atoms with Crippen molar-refractivity contribution in [2.24, 2.45) is 0 Å². The molecule has 2 rings (SSSR count). The second-order valence-corrected chi connectivity index (χ2v) is 4.91. The van der Waals surface area contributed by atoms with Gasteiger partial charge in [0.15, 0.2) is 5.60 Å². The summed E-state index contributed by atoms with van der Waals surface area (Å²) in [7, 11) is 0. The molecule has 1 heterocycles. The van der Waals surface area contributed by atoms with Crippen LogP contribution in [-0.2, 0) is 10.3 Å². The van der Waals surface area contributed by atoms with Gasteiger partial charge in [0.05, 0.1) is 5.56 Å². The van der Waals surface area contributed by atoms with Crippen molar-refractivity contribution in [3.8, 4) is 0 Å². The average molecular weight is 281 g/mol. The summed E-state index contributed by atoms with van der Waals surface area (Å²) in [6.07, 6.45) is 4.90. The Balaban J connectivity index is 2.50. The van der Waals surface area contributed by atoms with Crippen molar-refractivity contribution < 1.29 is 9.53 Å². The number of ether oxygens (including phenoxy) is 1. The highest BCUT2D eigenvalue weighted by molar-refractivity contribution is 9.10. The number of carbonyl (C=O) groups excluding carboxylic acids is 1. The van der Waals surface area contributed by atoms with Gasteiger partial charge in [-0.1, -0.05) is 35.0 Å². The minimum Gasteiger partial charge on any atom is -0.447 e. The molecule has 84 valence electrons. The molecule has 1 aromatic carbocycles. The zero-order valence-corrected chi connectivity index (χ0v) is 10.9. The Morgan fingerprint density at radius 3 is 2.94 bits per heavy atom. The van der Waals surface area contributed by atoms with Crippen molar-refractivity contribution in [1.82, 2.24) is 0 Å². The molecule has 0 saturated heterocycles. The van der Waals surface area contributed by atoms with Crippen LogP contribution in [0.15, 0.2) is 34.8 Å². The van der Waals surface area contributed by atoms with Gasteiger partial charge in [0.25, 0.3) is 0 Å². The van der Waals surface area contributed by atoms with Crippen LogP contribution in [0.2, 0.25) is 0 Å². The van der Waals surface area contributed by atoms with E-state index in [0.29, 0.717) is 5.56 Å². The van der Waals surface area contributed by atoms with Crippen molar-refractivity contribution in [2.45, 2.75) is 25.9 Å². The van der Waals surface area contributed by atoms with E-state index in [0.717, 1.165) is 16.5 Å². The van der Waals surface area contributed by atoms with Crippen LogP contribution < -0.4 is 0 Å². The molecule has 0 bridgehead atoms. The molecule has 1 aromatic rings. The molecule has 0 amide bonds. The summed E-state index contributed by atoms with van der Waals surface area (Å²) in [6.45, 7) is 3.97. The smallest absolute Gasteiger partial charge is 0.339 e. The Bertz CT molecular complexity index is 465. The van der Waals surface area contributed by atoms with Crippen LogP contribution in [0.5, 0.6) is 0 Å². The third-order valence-electron chi connectivity index (χ3n) is 2.71. The zero-order valence-electron chi connectivity index (χ0n) is 9.29. The third-order valence-corrected chi connectivity index (χ3v) is 3.21. The minimum absolute atomic E-state index is 0.250. The fourth-order valence-corrected chi connectivity index (χ4v) is 2.25. The van der Waals surface area contributed by atoms with Gasteiger partial charge in [-0.3, -0.25) is 0 Å². The number of allylic oxidation sites excluding steroid dienone is 1. The number of carbonyl (C=O) groups is 1. The first-order chi connectivity index (χ1) is 7.57. The number of cyclic esters (lactones) is 1. The Morgan fingerprint density at radius 1 is 1.50 bits per heavy atom. The van der Waals surface area contributed by atoms with Crippen molar-refractivity contribution in [3.63, 3.8) is 0 Å². The van der Waals surface area contributed by atoms with Gasteiger partial charge in [0, 0.05) is 10.0 Å². The first-order valence-corrected chi connectivity index (χ1v) is 6.07. The van der Waals surface area contributed by atoms with Crippen LogP contribution in [0.25, 0.3) is 0 Å². The lowest BCUT2D eigenvalue weighted by Crippen LogP contribution is -2.18. The summed E-state index contributed by atoms with van der Waals surface area (Å²) >= 11 is 3.36. The summed E-state index contributed by atoms with van der Waals surface area (Å²) in [5.74, 6) is -0.250. The molecule has 0 aliphatic carbocycles. The Kier molecular flexibility index (Phi) is 2.89. The number of esters is 1. The van der Waals surface area contributed by atoms with Crippen LogP contribution in [0.1, 0.15) is 36.2 Å². The van der Waals surface area contributed by atoms with Crippen LogP contribution in [0.4, 0.5) is 0 Å². The topological polar surface area (TPSA) is 26.3 Å². The number of hydrogen-bond acceptors (Lipinski definition) is 2. The average Bonchev–Trinajstić information content (AvgIpc) is 2.49. The summed E-state index contributed by atoms with van der Waals surface area (Å²) in [6, 6.07) is 5.67. The Hall–Kier alpha value is -1.09. The van der Waals surface area contributed by atoms with E-state index in [1.807, 2.05) is 37.3 Å². The molecule has 1 unspecified atom stereocenters. The molecule has 0 radical (unpaired) electrons. The largest absolute Gasteiger partial charge is 0.447 e. The maximum Gasteiger partial charge on any atom is 0.339 e. The Labute approximate surface area is 103 Å². The molecular formula is C13H13BrO2. The molecule has 16 heavy (non-hydrogen) atoms. The van der Waals surface area contributed by atoms with Crippen molar-refractivity contribution >= 4 is 21.9 Å². The molecule has 1 aliphatic heterocycles. The van der Waals surface area contributed by atoms with Crippen molar-refractivity contribution in [3.05, 3.63) is 46.0 Å². The molecule has 0 fully saturated rings. The van der Waals surface area contributed by atoms with E-state index in [-0.39, 0.29) is 5.97 Å². The SMILES string of the molecule is CCC=CC1(C)OC(=O)c2cc(Br)ccc21. The monoisotopic (exact) mass is 280 g/mol. The second-order valence-electron chi connectivity index (χ2n) is 4.00. The van der Waals surface area contributed by atoms with Crippen LogP contribution in [0, 0.1) is 0 Å². The fourth-order valence-electron chi connectivity index (χ4n) is 1.89. The van der Waals surface area contributed by atoms with Gasteiger partial charge in [-0.05, 0) is 31.6 Å². The minimum atomic E-state index is -0.608. The highest BCUT2D eigenvalue weighted by Gasteiger charge is 2.39. The lowest BCUT2D eigenvalue weighted by Gasteiger charge is -2.19. The van der Waals surface area contributed by atoms with E-state index in [9.17, 15) is 4.79 Å². The maximum atomic E-state index is 11.7. The van der Waals surface area contributed by atoms with Gasteiger partial charge < -0.3 is 4.74 Å². The normalized spacial score (nSPS) is 23.6. The summed E-state index contributed by atoms with van der Waals surface area (Å²) < 4.78 is 6.33. The van der Waals surface area contributed by atoms with E-state index >= 15 is 0 Å². The van der Waals surface area contributed by atoms with E-state index < -0.39 is 5.60 Å². The number of rotatable bonds is 2. The number of fused-ring (bicyclic) bond motifs is 1. The van der Waals surface area contributed by atoms with Gasteiger partial charge >= 0.3 is 5.97 Å². The first kappa shape index (κ1) is 11.4. The highest BCUT2D eigenvalue weighted by atomic mass is 79.9. The lowest BCUT2D eigenvalue weighted by atomic mass is 9.93. The molecule has 1 atom stereocenters. The van der Waals surface area contributed by atoms with Gasteiger partial charge in [-0.25, -0.2) is 4.79 Å². The van der Waals surface area contributed by atoms with Crippen LogP contribution >= 0.6 is 15.9 Å². The Morgan fingerprint density at radius 2 is 2.25 bits per heavy atom. The van der Waals surface area contributed by atoms with Crippen molar-refractivity contribution in [2.75, 3.05) is 0 Å². The third kappa shape index (κ3) is 1.80. The molecule has 0 N–H and O–H groups in total. The molecular weight excluding hydrogens is 268 g/mol. The van der Waals surface area contributed by atoms with Crippen LogP contribution in [-0.4, -0.2) is 5.97 Å². The fraction of sp³-hybridized carbons (Fsp3) is 0.308. The van der Waals surface area contributed by atoms with E-state index in [2.05, 4.69) is 22.9 Å². The van der Waals surface area contributed by atoms with Gasteiger partial charge in [-0.15, -0.1) is 0 Å². The van der Waals surface area contributed by atoms with Gasteiger partial charge in [-0.2, -0.15) is 0 Å². The van der Waals surface area contributed by atoms with Gasteiger partial charge in [0.1, 0.15) is 0 Å². The standard InChI is InChI=1S/C13H13BrO2/c1-3-4-7-13(2)11-6-5-9(14)8-10(11)12(15)16-13/h4-8H,3H2,1-2H3. The quantitative estimate of drug-likeness (QED) is 0.608. The number of halogens is 1. The number of hydrogen-bond donors (Lipinski definition) is 0. The molecule has 0 saturated carbocycles. The lowest BCUT2D eigenvalue weighted by molar-refractivity contribution is 0.0207. The van der Waals surface area contributed by atoms with Crippen molar-refractivity contribution in [1.29, 1.82) is 0 Å². The summed E-state index contributed by atoms with van der Waals surface area (Å²) in [5, 5.41) is 0. The van der Waals surface area contributed by atoms with Gasteiger partial charge in [0.2, 0.25) is 0 Å². The maximum absolute atomic E-state index is 11.7. The van der Waals surface area contributed by atoms with Crippen LogP contribution in [0.3, 0.4) is 0 Å². The molecule has 0 aromatic heterocycles. The second kappa shape index (κ2) is 4.06.